The van der Waals surface area contributed by atoms with Crippen LogP contribution >= 0.6 is 0 Å². The van der Waals surface area contributed by atoms with Crippen LogP contribution < -0.4 is 0 Å². The summed E-state index contributed by atoms with van der Waals surface area (Å²) in [5, 5.41) is 11.7. The Morgan fingerprint density at radius 3 is 2.93 bits per heavy atom. The lowest BCUT2D eigenvalue weighted by atomic mass is 10.1. The molecule has 0 radical (unpaired) electrons. The van der Waals surface area contributed by atoms with Crippen LogP contribution in [0.15, 0.2) is 23.3 Å². The summed E-state index contributed by atoms with van der Waals surface area (Å²) in [4.78, 5) is 2.50. The van der Waals surface area contributed by atoms with Crippen molar-refractivity contribution >= 4 is 0 Å². The zero-order valence-corrected chi connectivity index (χ0v) is 7.61. The third-order valence-corrected chi connectivity index (χ3v) is 1.53. The van der Waals surface area contributed by atoms with Crippen LogP contribution in [0.2, 0.25) is 0 Å². The fourth-order valence-corrected chi connectivity index (χ4v) is 0.888. The minimum Gasteiger partial charge on any atom is -0.206 e. The van der Waals surface area contributed by atoms with Crippen molar-refractivity contribution in [3.8, 4) is 17.9 Å². The highest BCUT2D eigenvalue weighted by molar-refractivity contribution is 5.41. The third-order valence-electron chi connectivity index (χ3n) is 1.53. The first-order chi connectivity index (χ1) is 7.27. The lowest BCUT2D eigenvalue weighted by Crippen LogP contribution is -1.85. The largest absolute Gasteiger partial charge is 0.206 e. The van der Waals surface area contributed by atoms with Crippen LogP contribution in [0, 0.1) is 29.0 Å². The second kappa shape index (κ2) is 5.29. The minimum absolute atomic E-state index is 0.00403. The van der Waals surface area contributed by atoms with E-state index in [-0.39, 0.29) is 17.7 Å². The van der Waals surface area contributed by atoms with E-state index in [0.29, 0.717) is 0 Å². The van der Waals surface area contributed by atoms with Crippen molar-refractivity contribution in [1.82, 2.24) is 0 Å². The van der Waals surface area contributed by atoms with Crippen LogP contribution in [0.4, 0.5) is 4.39 Å². The van der Waals surface area contributed by atoms with Gasteiger partial charge in [-0.15, -0.1) is 0 Å². The maximum absolute atomic E-state index is 13.2. The summed E-state index contributed by atoms with van der Waals surface area (Å²) in [5.74, 6) is 4.43. The molecule has 0 aliphatic heterocycles. The summed E-state index contributed by atoms with van der Waals surface area (Å²) in [5.41, 5.74) is 8.39. The van der Waals surface area contributed by atoms with Gasteiger partial charge in [0.25, 0.3) is 0 Å². The van der Waals surface area contributed by atoms with Crippen molar-refractivity contribution in [1.29, 1.82) is 5.26 Å². The maximum Gasteiger partial charge on any atom is 0.140 e. The number of nitriles is 1. The van der Waals surface area contributed by atoms with E-state index in [1.54, 1.807) is 0 Å². The van der Waals surface area contributed by atoms with Crippen molar-refractivity contribution < 1.29 is 4.39 Å². The van der Waals surface area contributed by atoms with Crippen LogP contribution in [-0.4, -0.2) is 6.54 Å². The lowest BCUT2D eigenvalue weighted by molar-refractivity contribution is 0.624. The second-order valence-corrected chi connectivity index (χ2v) is 2.50. The van der Waals surface area contributed by atoms with Gasteiger partial charge in [0.1, 0.15) is 5.82 Å². The average Bonchev–Trinajstić information content (AvgIpc) is 2.26. The molecule has 0 atom stereocenters. The first kappa shape index (κ1) is 10.6. The Hall–Kier alpha value is -2.49. The van der Waals surface area contributed by atoms with Gasteiger partial charge in [-0.05, 0) is 23.7 Å². The Kier molecular flexibility index (Phi) is 3.73. The van der Waals surface area contributed by atoms with Gasteiger partial charge in [0.15, 0.2) is 0 Å². The number of benzene rings is 1. The third kappa shape index (κ3) is 3.04. The number of halogens is 1. The van der Waals surface area contributed by atoms with E-state index in [4.69, 9.17) is 10.8 Å². The van der Waals surface area contributed by atoms with Gasteiger partial charge in [0, 0.05) is 4.91 Å². The average molecular weight is 200 g/mol. The first-order valence-electron chi connectivity index (χ1n) is 3.97. The Morgan fingerprint density at radius 1 is 1.53 bits per heavy atom. The predicted molar refractivity (Wildman–Crippen MR) is 52.0 cm³/mol. The molecule has 0 amide bonds. The molecular weight excluding hydrogens is 195 g/mol. The lowest BCUT2D eigenvalue weighted by Gasteiger charge is -1.93. The van der Waals surface area contributed by atoms with Crippen LogP contribution in [0.25, 0.3) is 10.4 Å². The van der Waals surface area contributed by atoms with Gasteiger partial charge in [-0.3, -0.25) is 0 Å². The van der Waals surface area contributed by atoms with E-state index >= 15 is 0 Å². The Morgan fingerprint density at radius 2 is 2.33 bits per heavy atom. The van der Waals surface area contributed by atoms with Crippen molar-refractivity contribution in [2.75, 3.05) is 6.54 Å². The molecule has 0 spiro atoms. The molecule has 0 fully saturated rings. The van der Waals surface area contributed by atoms with Crippen molar-refractivity contribution in [3.05, 3.63) is 45.6 Å². The van der Waals surface area contributed by atoms with E-state index < -0.39 is 5.82 Å². The first-order valence-corrected chi connectivity index (χ1v) is 3.97. The molecule has 0 saturated carbocycles. The summed E-state index contributed by atoms with van der Waals surface area (Å²) in [6.45, 7) is -0.00403. The number of hydrogen-bond acceptors (Lipinski definition) is 2. The molecule has 15 heavy (non-hydrogen) atoms. The molecule has 4 nitrogen and oxygen atoms in total. The molecule has 0 bridgehead atoms. The highest BCUT2D eigenvalue weighted by Crippen LogP contribution is 2.08. The van der Waals surface area contributed by atoms with Crippen LogP contribution in [0.3, 0.4) is 0 Å². The monoisotopic (exact) mass is 200 g/mol. The zero-order valence-electron chi connectivity index (χ0n) is 7.61. The molecule has 0 unspecified atom stereocenters. The van der Waals surface area contributed by atoms with Gasteiger partial charge >= 0.3 is 0 Å². The van der Waals surface area contributed by atoms with E-state index in [0.717, 1.165) is 6.07 Å². The Balaban J connectivity index is 2.91. The van der Waals surface area contributed by atoms with E-state index in [9.17, 15) is 4.39 Å². The smallest absolute Gasteiger partial charge is 0.140 e. The Labute approximate surface area is 85.6 Å². The highest BCUT2D eigenvalue weighted by atomic mass is 19.1. The molecule has 0 heterocycles. The fourth-order valence-electron chi connectivity index (χ4n) is 0.888. The van der Waals surface area contributed by atoms with Crippen molar-refractivity contribution in [3.63, 3.8) is 0 Å². The molecule has 1 rings (SSSR count). The molecule has 0 aromatic heterocycles. The maximum atomic E-state index is 13.2. The van der Waals surface area contributed by atoms with Crippen molar-refractivity contribution in [2.24, 2.45) is 5.11 Å². The number of hydrogen-bond donors (Lipinski definition) is 0. The summed E-state index contributed by atoms with van der Waals surface area (Å²) < 4.78 is 13.2. The normalized spacial score (nSPS) is 8.00. The van der Waals surface area contributed by atoms with Crippen molar-refractivity contribution in [2.45, 2.75) is 0 Å². The molecule has 0 aliphatic carbocycles. The quantitative estimate of drug-likeness (QED) is 0.297. The Bertz CT molecular complexity index is 512. The summed E-state index contributed by atoms with van der Waals surface area (Å²) >= 11 is 0. The second-order valence-electron chi connectivity index (χ2n) is 2.50. The highest BCUT2D eigenvalue weighted by Gasteiger charge is 1.99. The molecule has 1 aromatic rings. The van der Waals surface area contributed by atoms with Gasteiger partial charge < -0.3 is 0 Å². The molecule has 5 heteroatoms. The van der Waals surface area contributed by atoms with Gasteiger partial charge in [-0.1, -0.05) is 17.0 Å². The van der Waals surface area contributed by atoms with E-state index in [1.807, 2.05) is 6.07 Å². The van der Waals surface area contributed by atoms with Gasteiger partial charge in [0.2, 0.25) is 0 Å². The number of azide groups is 1. The molecule has 72 valence electrons. The van der Waals surface area contributed by atoms with Gasteiger partial charge in [-0.2, -0.15) is 5.26 Å². The van der Waals surface area contributed by atoms with Crippen LogP contribution in [0.1, 0.15) is 11.1 Å². The molecular formula is C10H5FN4. The summed E-state index contributed by atoms with van der Waals surface area (Å²) in [6.07, 6.45) is 0. The predicted octanol–water partition coefficient (Wildman–Crippen LogP) is 2.36. The topological polar surface area (TPSA) is 72.5 Å². The van der Waals surface area contributed by atoms with Gasteiger partial charge in [-0.25, -0.2) is 4.39 Å². The van der Waals surface area contributed by atoms with Gasteiger partial charge in [0.05, 0.1) is 23.7 Å². The van der Waals surface area contributed by atoms with Crippen LogP contribution in [-0.2, 0) is 0 Å². The standard InChI is InChI=1S/C10H5FN4/c11-10-6-8(7-12)3-4-9(10)2-1-5-14-15-13/h3-4,6H,5H2. The SMILES string of the molecule is N#Cc1ccc(C#CCN=[N+]=[N-])c(F)c1. The molecule has 0 saturated heterocycles. The van der Waals surface area contributed by atoms with E-state index in [2.05, 4.69) is 21.9 Å². The fraction of sp³-hybridized carbons (Fsp3) is 0.100. The summed E-state index contributed by atoms with van der Waals surface area (Å²) in [7, 11) is 0. The molecule has 0 aliphatic rings. The molecule has 0 N–H and O–H groups in total. The van der Waals surface area contributed by atoms with Crippen LogP contribution in [0.5, 0.6) is 0 Å². The minimum atomic E-state index is -0.553. The number of nitrogens with zero attached hydrogens (tertiary/aromatic N) is 4. The van der Waals surface area contributed by atoms with E-state index in [1.165, 1.54) is 12.1 Å². The summed E-state index contributed by atoms with van der Waals surface area (Å²) in [6, 6.07) is 5.81. The molecule has 1 aromatic carbocycles. The number of rotatable bonds is 1. The zero-order chi connectivity index (χ0) is 11.1.